The first-order valence-electron chi connectivity index (χ1n) is 11.9. The minimum Gasteiger partial charge on any atom is -0.507 e. The van der Waals surface area contributed by atoms with Gasteiger partial charge in [-0.1, -0.05) is 65.7 Å². The molecule has 0 bridgehead atoms. The lowest BCUT2D eigenvalue weighted by molar-refractivity contribution is -0.116. The number of halogens is 2. The van der Waals surface area contributed by atoms with E-state index >= 15 is 0 Å². The van der Waals surface area contributed by atoms with E-state index in [-0.39, 0.29) is 23.6 Å². The number of hydrogen-bond acceptors (Lipinski definition) is 5. The topological polar surface area (TPSA) is 100 Å². The van der Waals surface area contributed by atoms with Gasteiger partial charge in [0.1, 0.15) is 11.5 Å². The standard InChI is InChI=1S/C29H25Cl2N3O4/c1-18(33-34-29(37)28-23-9-3-2-6-19(23)11-13-25(28)35)20-7-4-8-22(16-20)32-27(36)10-5-15-38-26-14-12-21(30)17-24(26)31/h2-4,6-9,11-14,16-17,35H,5,10,15H2,1H3,(H,32,36)(H,34,37)/b33-18+. The number of rotatable bonds is 9. The number of carbonyl (C=O) groups is 2. The molecule has 0 heterocycles. The van der Waals surface area contributed by atoms with E-state index in [0.29, 0.717) is 51.2 Å². The van der Waals surface area contributed by atoms with Gasteiger partial charge in [-0.2, -0.15) is 5.10 Å². The molecule has 7 nitrogen and oxygen atoms in total. The van der Waals surface area contributed by atoms with Crippen molar-refractivity contribution < 1.29 is 19.4 Å². The van der Waals surface area contributed by atoms with Gasteiger partial charge < -0.3 is 15.2 Å². The third kappa shape index (κ3) is 6.82. The van der Waals surface area contributed by atoms with Crippen LogP contribution in [0.1, 0.15) is 35.7 Å². The van der Waals surface area contributed by atoms with Crippen LogP contribution in [0.15, 0.2) is 84.0 Å². The highest BCUT2D eigenvalue weighted by Gasteiger charge is 2.15. The number of hydrogen-bond donors (Lipinski definition) is 3. The van der Waals surface area contributed by atoms with Gasteiger partial charge in [-0.3, -0.25) is 9.59 Å². The Morgan fingerprint density at radius 3 is 2.61 bits per heavy atom. The van der Waals surface area contributed by atoms with Crippen molar-refractivity contribution in [2.75, 3.05) is 11.9 Å². The van der Waals surface area contributed by atoms with Gasteiger partial charge in [-0.25, -0.2) is 5.43 Å². The zero-order valence-corrected chi connectivity index (χ0v) is 22.0. The fourth-order valence-electron chi connectivity index (χ4n) is 3.81. The Balaban J connectivity index is 1.33. The van der Waals surface area contributed by atoms with Crippen LogP contribution in [-0.4, -0.2) is 29.2 Å². The number of hydrazone groups is 1. The van der Waals surface area contributed by atoms with Crippen molar-refractivity contribution in [1.29, 1.82) is 0 Å². The average molecular weight is 550 g/mol. The van der Waals surface area contributed by atoms with Crippen LogP contribution in [0.5, 0.6) is 11.5 Å². The van der Waals surface area contributed by atoms with Gasteiger partial charge >= 0.3 is 0 Å². The molecule has 9 heteroatoms. The predicted molar refractivity (Wildman–Crippen MR) is 152 cm³/mol. The number of aromatic hydroxyl groups is 1. The molecule has 0 radical (unpaired) electrons. The Morgan fingerprint density at radius 2 is 1.79 bits per heavy atom. The lowest BCUT2D eigenvalue weighted by Gasteiger charge is -2.10. The second-order valence-corrected chi connectivity index (χ2v) is 9.32. The quantitative estimate of drug-likeness (QED) is 0.121. The molecule has 4 rings (SSSR count). The molecule has 0 aliphatic heterocycles. The third-order valence-electron chi connectivity index (χ3n) is 5.72. The molecule has 0 spiro atoms. The van der Waals surface area contributed by atoms with Crippen LogP contribution in [0.2, 0.25) is 10.0 Å². The van der Waals surface area contributed by atoms with Crippen LogP contribution < -0.4 is 15.5 Å². The van der Waals surface area contributed by atoms with Gasteiger partial charge in [-0.05, 0) is 66.1 Å². The molecule has 0 saturated heterocycles. The monoisotopic (exact) mass is 549 g/mol. The molecule has 0 aliphatic carbocycles. The van der Waals surface area contributed by atoms with E-state index in [9.17, 15) is 14.7 Å². The third-order valence-corrected chi connectivity index (χ3v) is 6.25. The van der Waals surface area contributed by atoms with Crippen LogP contribution in [-0.2, 0) is 4.79 Å². The van der Waals surface area contributed by atoms with Gasteiger partial charge in [0.2, 0.25) is 5.91 Å². The summed E-state index contributed by atoms with van der Waals surface area (Å²) in [5.41, 5.74) is 4.51. The fraction of sp³-hybridized carbons (Fsp3) is 0.138. The molecule has 194 valence electrons. The first-order chi connectivity index (χ1) is 18.3. The number of ether oxygens (including phenoxy) is 1. The van der Waals surface area contributed by atoms with Gasteiger partial charge in [0.05, 0.1) is 22.9 Å². The summed E-state index contributed by atoms with van der Waals surface area (Å²) in [7, 11) is 0. The first-order valence-corrected chi connectivity index (χ1v) is 12.6. The number of nitrogens with zero attached hydrogens (tertiary/aromatic N) is 1. The number of phenolic OH excluding ortho intramolecular Hbond substituents is 1. The molecule has 0 fully saturated rings. The summed E-state index contributed by atoms with van der Waals surface area (Å²) in [5.74, 6) is -0.297. The number of anilines is 1. The molecule has 38 heavy (non-hydrogen) atoms. The SMILES string of the molecule is C/C(=N\NC(=O)c1c(O)ccc2ccccc12)c1cccc(NC(=O)CCCOc2ccc(Cl)cc2Cl)c1. The molecule has 2 amide bonds. The number of nitrogens with one attached hydrogen (secondary N) is 2. The summed E-state index contributed by atoms with van der Waals surface area (Å²) >= 11 is 12.0. The van der Waals surface area contributed by atoms with Crippen molar-refractivity contribution in [3.05, 3.63) is 100 Å². The van der Waals surface area contributed by atoms with Crippen LogP contribution in [0.25, 0.3) is 10.8 Å². The summed E-state index contributed by atoms with van der Waals surface area (Å²) < 4.78 is 5.62. The summed E-state index contributed by atoms with van der Waals surface area (Å²) in [5, 5.41) is 19.7. The maximum atomic E-state index is 12.8. The van der Waals surface area contributed by atoms with Crippen molar-refractivity contribution in [1.82, 2.24) is 5.43 Å². The Morgan fingerprint density at radius 1 is 0.974 bits per heavy atom. The maximum absolute atomic E-state index is 12.8. The molecule has 4 aromatic carbocycles. The number of phenols is 1. The summed E-state index contributed by atoms with van der Waals surface area (Å²) in [6.45, 7) is 2.07. The van der Waals surface area contributed by atoms with Gasteiger partial charge in [0.15, 0.2) is 0 Å². The van der Waals surface area contributed by atoms with Crippen LogP contribution in [0.3, 0.4) is 0 Å². The zero-order chi connectivity index (χ0) is 27.1. The predicted octanol–water partition coefficient (Wildman–Crippen LogP) is 6.80. The molecule has 4 aromatic rings. The number of carbonyl (C=O) groups excluding carboxylic acids is 2. The van der Waals surface area contributed by atoms with Gasteiger partial charge in [0.25, 0.3) is 5.91 Å². The Hall–Kier alpha value is -4.07. The highest BCUT2D eigenvalue weighted by atomic mass is 35.5. The zero-order valence-electron chi connectivity index (χ0n) is 20.5. The minimum atomic E-state index is -0.523. The number of fused-ring (bicyclic) bond motifs is 1. The molecule has 3 N–H and O–H groups in total. The normalized spacial score (nSPS) is 11.3. The summed E-state index contributed by atoms with van der Waals surface area (Å²) in [4.78, 5) is 25.2. The molecular formula is C29H25Cl2N3O4. The van der Waals surface area contributed by atoms with Crippen LogP contribution in [0, 0.1) is 0 Å². The van der Waals surface area contributed by atoms with E-state index < -0.39 is 5.91 Å². The Bertz CT molecular complexity index is 1520. The van der Waals surface area contributed by atoms with E-state index in [1.807, 2.05) is 18.2 Å². The maximum Gasteiger partial charge on any atom is 0.275 e. The fourth-order valence-corrected chi connectivity index (χ4v) is 4.27. The van der Waals surface area contributed by atoms with Crippen molar-refractivity contribution in [3.63, 3.8) is 0 Å². The Labute approximate surface area is 230 Å². The minimum absolute atomic E-state index is 0.125. The van der Waals surface area contributed by atoms with Crippen molar-refractivity contribution in [3.8, 4) is 11.5 Å². The lowest BCUT2D eigenvalue weighted by atomic mass is 10.0. The largest absolute Gasteiger partial charge is 0.507 e. The molecule has 0 aliphatic rings. The van der Waals surface area contributed by atoms with Gasteiger partial charge in [0, 0.05) is 17.1 Å². The van der Waals surface area contributed by atoms with E-state index in [0.717, 1.165) is 5.39 Å². The molecule has 0 unspecified atom stereocenters. The van der Waals surface area contributed by atoms with Crippen molar-refractivity contribution in [2.45, 2.75) is 19.8 Å². The number of amides is 2. The van der Waals surface area contributed by atoms with E-state index in [1.54, 1.807) is 61.5 Å². The highest BCUT2D eigenvalue weighted by Crippen LogP contribution is 2.28. The van der Waals surface area contributed by atoms with Gasteiger partial charge in [-0.15, -0.1) is 0 Å². The molecule has 0 saturated carbocycles. The number of benzene rings is 4. The summed E-state index contributed by atoms with van der Waals surface area (Å²) in [6.07, 6.45) is 0.755. The highest BCUT2D eigenvalue weighted by molar-refractivity contribution is 6.35. The van der Waals surface area contributed by atoms with Crippen LogP contribution in [0.4, 0.5) is 5.69 Å². The molecule has 0 atom stereocenters. The second-order valence-electron chi connectivity index (χ2n) is 8.47. The first kappa shape index (κ1) is 27.0. The van der Waals surface area contributed by atoms with Crippen molar-refractivity contribution >= 4 is 57.2 Å². The smallest absolute Gasteiger partial charge is 0.275 e. The molecular weight excluding hydrogens is 525 g/mol. The molecule has 0 aromatic heterocycles. The average Bonchev–Trinajstić information content (AvgIpc) is 2.90. The van der Waals surface area contributed by atoms with Crippen molar-refractivity contribution in [2.24, 2.45) is 5.10 Å². The lowest BCUT2D eigenvalue weighted by Crippen LogP contribution is -2.20. The summed E-state index contributed by atoms with van der Waals surface area (Å²) in [6, 6.07) is 22.6. The van der Waals surface area contributed by atoms with E-state index in [1.165, 1.54) is 6.07 Å². The van der Waals surface area contributed by atoms with Crippen LogP contribution >= 0.6 is 23.2 Å². The van der Waals surface area contributed by atoms with E-state index in [2.05, 4.69) is 15.8 Å². The van der Waals surface area contributed by atoms with E-state index in [4.69, 9.17) is 27.9 Å². The second kappa shape index (κ2) is 12.4. The Kier molecular flexibility index (Phi) is 8.84.